The molecule has 2 aliphatic rings. The SMILES string of the molecule is CCCCCC(=O)NC(CCC(=O)O)C(=O)NC1C(=O)NC(CCCCNC)C(=O)NC2CCC(O)N(C2=O)C(Cc2ccccc2)C(=O)N(C)C(Cc2ccc(O)c(Cl)c2)C(=O)NC(C(C)CC)C(=O)OC1C. The molecular weight excluding hydrogens is 980 g/mol. The third-order valence-corrected chi connectivity index (χ3v) is 13.9. The van der Waals surface area contributed by atoms with Crippen LogP contribution in [0.2, 0.25) is 5.02 Å². The topological polar surface area (TPSA) is 302 Å². The Hall–Kier alpha value is -6.32. The molecule has 0 aromatic heterocycles. The highest BCUT2D eigenvalue weighted by molar-refractivity contribution is 6.32. The summed E-state index contributed by atoms with van der Waals surface area (Å²) in [4.78, 5) is 130. The van der Waals surface area contributed by atoms with Gasteiger partial charge in [0.25, 0.3) is 0 Å². The van der Waals surface area contributed by atoms with Crippen molar-refractivity contribution in [2.45, 2.75) is 172 Å². The van der Waals surface area contributed by atoms with E-state index >= 15 is 4.79 Å². The number of ether oxygens (including phenoxy) is 1. The number of nitrogens with one attached hydrogen (secondary N) is 6. The van der Waals surface area contributed by atoms with Gasteiger partial charge in [0.15, 0.2) is 0 Å². The van der Waals surface area contributed by atoms with E-state index in [9.17, 15) is 53.7 Å². The van der Waals surface area contributed by atoms with E-state index in [0.717, 1.165) is 22.6 Å². The van der Waals surface area contributed by atoms with E-state index in [0.29, 0.717) is 43.4 Å². The summed E-state index contributed by atoms with van der Waals surface area (Å²) in [5.41, 5.74) is 0.986. The number of aliphatic hydroxyl groups is 1. The maximum atomic E-state index is 15.2. The molecule has 10 unspecified atom stereocenters. The summed E-state index contributed by atoms with van der Waals surface area (Å²) in [6, 6.07) is 2.60. The van der Waals surface area contributed by atoms with Crippen molar-refractivity contribution < 1.29 is 63.2 Å². The number of likely N-dealkylation sites (N-methyl/N-ethyl adjacent to an activating group) is 1. The molecule has 2 saturated heterocycles. The molecule has 2 aromatic rings. The number of unbranched alkanes of at least 4 members (excludes halogenated alkanes) is 3. The predicted molar refractivity (Wildman–Crippen MR) is 273 cm³/mol. The van der Waals surface area contributed by atoms with Crippen molar-refractivity contribution in [1.29, 1.82) is 0 Å². The first kappa shape index (κ1) is 60.2. The van der Waals surface area contributed by atoms with Crippen molar-refractivity contribution in [2.24, 2.45) is 5.92 Å². The molecule has 10 atom stereocenters. The number of halogens is 1. The third kappa shape index (κ3) is 17.4. The highest BCUT2D eigenvalue weighted by Crippen LogP contribution is 2.28. The zero-order valence-corrected chi connectivity index (χ0v) is 44.0. The molecule has 2 fully saturated rings. The van der Waals surface area contributed by atoms with Crippen LogP contribution in [0.1, 0.15) is 116 Å². The number of aromatic hydroxyl groups is 1. The van der Waals surface area contributed by atoms with Crippen molar-refractivity contribution in [3.63, 3.8) is 0 Å². The number of hydrogen-bond donors (Lipinski definition) is 9. The number of aliphatic carboxylic acids is 1. The van der Waals surface area contributed by atoms with E-state index in [4.69, 9.17) is 16.3 Å². The Morgan fingerprint density at radius 3 is 2.20 bits per heavy atom. The number of phenolic OH excluding ortho intramolecular Hbond substituents is 1. The Bertz CT molecular complexity index is 2270. The number of carboxylic acids is 1. The van der Waals surface area contributed by atoms with Crippen LogP contribution in [0.4, 0.5) is 0 Å². The Morgan fingerprint density at radius 1 is 0.851 bits per heavy atom. The molecule has 7 amide bonds. The van der Waals surface area contributed by atoms with Gasteiger partial charge in [-0.15, -0.1) is 0 Å². The zero-order valence-electron chi connectivity index (χ0n) is 43.2. The lowest BCUT2D eigenvalue weighted by Crippen LogP contribution is -2.65. The molecule has 2 aromatic carbocycles. The van der Waals surface area contributed by atoms with Crippen LogP contribution in [0.5, 0.6) is 5.75 Å². The molecular formula is C52H75ClN8O13. The zero-order chi connectivity index (χ0) is 54.6. The smallest absolute Gasteiger partial charge is 0.329 e. The van der Waals surface area contributed by atoms with E-state index in [1.165, 1.54) is 32.2 Å². The summed E-state index contributed by atoms with van der Waals surface area (Å²) < 4.78 is 5.96. The number of rotatable bonds is 21. The second-order valence-electron chi connectivity index (χ2n) is 19.2. The van der Waals surface area contributed by atoms with Gasteiger partial charge in [-0.3, -0.25) is 38.4 Å². The lowest BCUT2D eigenvalue weighted by molar-refractivity contribution is -0.165. The van der Waals surface area contributed by atoms with Crippen LogP contribution in [-0.2, 0) is 60.7 Å². The highest BCUT2D eigenvalue weighted by atomic mass is 35.5. The number of phenols is 1. The van der Waals surface area contributed by atoms with Crippen LogP contribution in [0, 0.1) is 5.92 Å². The van der Waals surface area contributed by atoms with Crippen molar-refractivity contribution in [1.82, 2.24) is 41.7 Å². The quantitative estimate of drug-likeness (QED) is 0.0640. The second kappa shape index (κ2) is 29.5. The molecule has 0 saturated carbocycles. The standard InChI is InChI=1S/C52H75ClN8O13/c1-7-9-11-19-41(63)55-36(22-25-43(65)66)47(68)59-45-31(4)74-52(73)44(30(3)8-2)58-48(69)38(29-33-20-23-40(62)34(53)27-33)60(6)51(72)39(28-32-16-12-10-13-17-32)61-42(64)24-21-37(50(61)71)57-46(67)35(56-49(45)70)18-14-15-26-54-5/h10,12-13,16-17,20,23,27,30-31,35-39,42,44-45,54,62,64H,7-9,11,14-15,18-19,21-22,24-26,28-29H2,1-6H3,(H,55,63)(H,56,70)(H,57,67)(H,58,69)(H,59,68)(H,65,66). The van der Waals surface area contributed by atoms with Crippen LogP contribution in [0.15, 0.2) is 48.5 Å². The molecule has 408 valence electrons. The molecule has 74 heavy (non-hydrogen) atoms. The molecule has 22 heteroatoms. The summed E-state index contributed by atoms with van der Waals surface area (Å²) in [6.07, 6.45) is -1.21. The van der Waals surface area contributed by atoms with E-state index in [1.54, 1.807) is 51.2 Å². The Balaban J connectivity index is 1.90. The highest BCUT2D eigenvalue weighted by Gasteiger charge is 2.46. The van der Waals surface area contributed by atoms with Crippen LogP contribution < -0.4 is 31.9 Å². The summed E-state index contributed by atoms with van der Waals surface area (Å²) in [5.74, 6) is -9.01. The predicted octanol–water partition coefficient (Wildman–Crippen LogP) is 2.22. The molecule has 4 rings (SSSR count). The average molecular weight is 1060 g/mol. The van der Waals surface area contributed by atoms with Crippen molar-refractivity contribution in [3.8, 4) is 5.75 Å². The maximum absolute atomic E-state index is 15.2. The maximum Gasteiger partial charge on any atom is 0.329 e. The van der Waals surface area contributed by atoms with E-state index < -0.39 is 120 Å². The first-order valence-electron chi connectivity index (χ1n) is 25.6. The number of benzene rings is 2. The van der Waals surface area contributed by atoms with Crippen molar-refractivity contribution in [2.75, 3.05) is 20.6 Å². The first-order valence-corrected chi connectivity index (χ1v) is 25.9. The molecule has 2 heterocycles. The van der Waals surface area contributed by atoms with Gasteiger partial charge in [0.2, 0.25) is 41.4 Å². The lowest BCUT2D eigenvalue weighted by Gasteiger charge is -2.43. The fraction of sp³-hybridized carbons (Fsp3) is 0.596. The first-order chi connectivity index (χ1) is 35.2. The monoisotopic (exact) mass is 1050 g/mol. The number of carbonyl (C=O) groups excluding carboxylic acids is 8. The van der Waals surface area contributed by atoms with Crippen LogP contribution in [-0.4, -0.2) is 154 Å². The Kier molecular flexibility index (Phi) is 24.0. The van der Waals surface area contributed by atoms with Gasteiger partial charge in [-0.25, -0.2) is 4.79 Å². The van der Waals surface area contributed by atoms with Gasteiger partial charge in [0.05, 0.1) is 5.02 Å². The number of fused-ring (bicyclic) bond motifs is 2. The van der Waals surface area contributed by atoms with E-state index in [1.807, 2.05) is 6.92 Å². The molecule has 0 aliphatic carbocycles. The summed E-state index contributed by atoms with van der Waals surface area (Å²) in [7, 11) is 3.08. The Labute approximate surface area is 437 Å². The normalized spacial score (nSPS) is 24.2. The largest absolute Gasteiger partial charge is 0.506 e. The summed E-state index contributed by atoms with van der Waals surface area (Å²) in [6.45, 7) is 7.20. The number of aliphatic hydroxyl groups excluding tert-OH is 1. The minimum absolute atomic E-state index is 0.0199. The molecule has 0 spiro atoms. The number of piperidine rings is 1. The number of carboxylic acid groups (broad SMARTS) is 1. The Morgan fingerprint density at radius 2 is 1.55 bits per heavy atom. The molecule has 2 bridgehead atoms. The minimum Gasteiger partial charge on any atom is -0.506 e. The van der Waals surface area contributed by atoms with Crippen LogP contribution in [0.3, 0.4) is 0 Å². The fourth-order valence-corrected chi connectivity index (χ4v) is 9.12. The summed E-state index contributed by atoms with van der Waals surface area (Å²) >= 11 is 6.31. The summed E-state index contributed by atoms with van der Waals surface area (Å²) in [5, 5.41) is 47.7. The molecule has 9 N–H and O–H groups in total. The van der Waals surface area contributed by atoms with Gasteiger partial charge in [-0.1, -0.05) is 88.0 Å². The van der Waals surface area contributed by atoms with E-state index in [2.05, 4.69) is 31.9 Å². The van der Waals surface area contributed by atoms with Crippen LogP contribution >= 0.6 is 11.6 Å². The minimum atomic E-state index is -1.80. The van der Waals surface area contributed by atoms with Gasteiger partial charge < -0.3 is 61.8 Å². The molecule has 2 aliphatic heterocycles. The van der Waals surface area contributed by atoms with Gasteiger partial charge >= 0.3 is 11.9 Å². The van der Waals surface area contributed by atoms with Gasteiger partial charge in [0.1, 0.15) is 60.4 Å². The number of hydrogen-bond acceptors (Lipinski definition) is 13. The van der Waals surface area contributed by atoms with Gasteiger partial charge in [-0.2, -0.15) is 0 Å². The number of carbonyl (C=O) groups is 9. The second-order valence-corrected chi connectivity index (χ2v) is 19.6. The number of esters is 1. The van der Waals surface area contributed by atoms with Crippen molar-refractivity contribution in [3.05, 3.63) is 64.7 Å². The number of nitrogens with zero attached hydrogens (tertiary/aromatic N) is 2. The molecule has 0 radical (unpaired) electrons. The third-order valence-electron chi connectivity index (χ3n) is 13.6. The van der Waals surface area contributed by atoms with Gasteiger partial charge in [-0.05, 0) is 94.6 Å². The van der Waals surface area contributed by atoms with Crippen molar-refractivity contribution >= 4 is 64.9 Å². The van der Waals surface area contributed by atoms with E-state index in [-0.39, 0.29) is 55.7 Å². The van der Waals surface area contributed by atoms with Gasteiger partial charge in [0, 0.05) is 32.7 Å². The number of amides is 7. The fourth-order valence-electron chi connectivity index (χ4n) is 8.92. The lowest BCUT2D eigenvalue weighted by atomic mass is 9.95. The van der Waals surface area contributed by atoms with Crippen LogP contribution in [0.25, 0.3) is 0 Å². The average Bonchev–Trinajstić information content (AvgIpc) is 3.36. The number of cyclic esters (lactones) is 1. The molecule has 21 nitrogen and oxygen atoms in total.